The highest BCUT2D eigenvalue weighted by Crippen LogP contribution is 2.65. The van der Waals surface area contributed by atoms with Gasteiger partial charge < -0.3 is 4.74 Å². The maximum Gasteiger partial charge on any atom is 0.330 e. The van der Waals surface area contributed by atoms with Gasteiger partial charge in [0.25, 0.3) is 0 Å². The molecule has 4 aliphatic carbocycles. The molecule has 0 aromatic heterocycles. The molecule has 4 bridgehead atoms. The van der Waals surface area contributed by atoms with E-state index in [0.29, 0.717) is 17.3 Å². The van der Waals surface area contributed by atoms with Gasteiger partial charge in [-0.1, -0.05) is 26.8 Å². The molecule has 4 aliphatic rings. The molecule has 0 heterocycles. The third-order valence-corrected chi connectivity index (χ3v) is 6.26. The normalized spacial score (nSPS) is 45.4. The van der Waals surface area contributed by atoms with Crippen molar-refractivity contribution < 1.29 is 9.53 Å². The molecule has 4 fully saturated rings. The Kier molecular flexibility index (Phi) is 3.46. The van der Waals surface area contributed by atoms with Crippen LogP contribution >= 0.6 is 0 Å². The standard InChI is InChI=1S/C18H28O2/c1-4-6-7-18(20-16(19)5-2)14-8-13-9-15(18)12-17(3,10-13)11-14/h5,13-15H,2,4,6-12H2,1,3H3. The predicted octanol–water partition coefficient (Wildman–Crippen LogP) is 4.49. The molecular formula is C18H28O2. The lowest BCUT2D eigenvalue weighted by molar-refractivity contribution is -0.222. The van der Waals surface area contributed by atoms with Gasteiger partial charge in [0, 0.05) is 6.08 Å². The molecule has 0 N–H and O–H groups in total. The van der Waals surface area contributed by atoms with Crippen molar-refractivity contribution in [3.63, 3.8) is 0 Å². The van der Waals surface area contributed by atoms with Crippen LogP contribution in [0.25, 0.3) is 0 Å². The Morgan fingerprint density at radius 2 is 1.95 bits per heavy atom. The van der Waals surface area contributed by atoms with Crippen LogP contribution in [0, 0.1) is 23.2 Å². The molecule has 0 saturated heterocycles. The minimum absolute atomic E-state index is 0.169. The van der Waals surface area contributed by atoms with Crippen LogP contribution in [0.5, 0.6) is 0 Å². The van der Waals surface area contributed by atoms with E-state index in [4.69, 9.17) is 4.74 Å². The second kappa shape index (κ2) is 4.89. The topological polar surface area (TPSA) is 26.3 Å². The predicted molar refractivity (Wildman–Crippen MR) is 80.2 cm³/mol. The largest absolute Gasteiger partial charge is 0.455 e. The summed E-state index contributed by atoms with van der Waals surface area (Å²) >= 11 is 0. The van der Waals surface area contributed by atoms with Crippen LogP contribution in [-0.4, -0.2) is 11.6 Å². The van der Waals surface area contributed by atoms with Gasteiger partial charge in [-0.15, -0.1) is 0 Å². The lowest BCUT2D eigenvalue weighted by atomic mass is 9.44. The van der Waals surface area contributed by atoms with Gasteiger partial charge in [0.15, 0.2) is 0 Å². The average Bonchev–Trinajstić information content (AvgIpc) is 2.39. The third-order valence-electron chi connectivity index (χ3n) is 6.26. The number of hydrogen-bond donors (Lipinski definition) is 0. The van der Waals surface area contributed by atoms with Gasteiger partial charge in [-0.05, 0) is 68.1 Å². The molecule has 2 nitrogen and oxygen atoms in total. The molecule has 0 aliphatic heterocycles. The first-order chi connectivity index (χ1) is 9.51. The molecule has 2 atom stereocenters. The summed E-state index contributed by atoms with van der Waals surface area (Å²) in [5.41, 5.74) is 0.352. The van der Waals surface area contributed by atoms with Crippen LogP contribution in [0.1, 0.15) is 65.2 Å². The molecule has 4 saturated carbocycles. The van der Waals surface area contributed by atoms with Crippen LogP contribution in [-0.2, 0) is 9.53 Å². The first-order valence-electron chi connectivity index (χ1n) is 8.37. The number of hydrogen-bond acceptors (Lipinski definition) is 2. The first kappa shape index (κ1) is 14.2. The molecule has 0 spiro atoms. The Labute approximate surface area is 123 Å². The summed E-state index contributed by atoms with van der Waals surface area (Å²) < 4.78 is 6.05. The van der Waals surface area contributed by atoms with Crippen molar-refractivity contribution in [3.05, 3.63) is 12.7 Å². The molecule has 2 unspecified atom stereocenters. The average molecular weight is 276 g/mol. The Morgan fingerprint density at radius 3 is 2.45 bits per heavy atom. The van der Waals surface area contributed by atoms with Crippen LogP contribution in [0.15, 0.2) is 12.7 Å². The molecular weight excluding hydrogens is 248 g/mol. The second-order valence-electron chi connectivity index (χ2n) is 7.84. The van der Waals surface area contributed by atoms with Gasteiger partial charge in [0.2, 0.25) is 0 Å². The second-order valence-corrected chi connectivity index (χ2v) is 7.84. The van der Waals surface area contributed by atoms with Crippen molar-refractivity contribution in [2.45, 2.75) is 70.8 Å². The summed E-state index contributed by atoms with van der Waals surface area (Å²) in [6.45, 7) is 8.27. The monoisotopic (exact) mass is 276 g/mol. The highest BCUT2D eigenvalue weighted by Gasteiger charge is 2.62. The van der Waals surface area contributed by atoms with E-state index in [9.17, 15) is 4.79 Å². The Hall–Kier alpha value is -0.790. The molecule has 0 aromatic carbocycles. The quantitative estimate of drug-likeness (QED) is 0.546. The molecule has 0 radical (unpaired) electrons. The molecule has 0 aromatic rings. The number of carbonyl (C=O) groups is 1. The van der Waals surface area contributed by atoms with Gasteiger partial charge in [-0.2, -0.15) is 0 Å². The van der Waals surface area contributed by atoms with Crippen LogP contribution in [0.3, 0.4) is 0 Å². The van der Waals surface area contributed by atoms with Crippen molar-refractivity contribution in [1.82, 2.24) is 0 Å². The van der Waals surface area contributed by atoms with Crippen LogP contribution < -0.4 is 0 Å². The summed E-state index contributed by atoms with van der Waals surface area (Å²) in [6, 6.07) is 0. The van der Waals surface area contributed by atoms with Crippen LogP contribution in [0.4, 0.5) is 0 Å². The molecule has 0 amide bonds. The van der Waals surface area contributed by atoms with E-state index in [0.717, 1.165) is 12.3 Å². The summed E-state index contributed by atoms with van der Waals surface area (Å²) in [5, 5.41) is 0. The molecule has 2 heteroatoms. The molecule has 20 heavy (non-hydrogen) atoms. The third kappa shape index (κ3) is 2.12. The van der Waals surface area contributed by atoms with Gasteiger partial charge in [0.1, 0.15) is 5.60 Å². The molecule has 112 valence electrons. The van der Waals surface area contributed by atoms with E-state index in [-0.39, 0.29) is 11.6 Å². The van der Waals surface area contributed by atoms with Crippen molar-refractivity contribution in [1.29, 1.82) is 0 Å². The zero-order chi connectivity index (χ0) is 14.4. The minimum Gasteiger partial charge on any atom is -0.455 e. The fraction of sp³-hybridized carbons (Fsp3) is 0.833. The van der Waals surface area contributed by atoms with Crippen molar-refractivity contribution in [3.8, 4) is 0 Å². The van der Waals surface area contributed by atoms with Gasteiger partial charge in [0.05, 0.1) is 0 Å². The number of unbranched alkanes of at least 4 members (excludes halogenated alkanes) is 1. The fourth-order valence-corrected chi connectivity index (χ4v) is 5.76. The maximum absolute atomic E-state index is 11.9. The van der Waals surface area contributed by atoms with Crippen molar-refractivity contribution in [2.75, 3.05) is 0 Å². The first-order valence-corrected chi connectivity index (χ1v) is 8.37. The van der Waals surface area contributed by atoms with E-state index >= 15 is 0 Å². The van der Waals surface area contributed by atoms with E-state index in [2.05, 4.69) is 20.4 Å². The molecule has 4 rings (SSSR count). The maximum atomic E-state index is 11.9. The zero-order valence-electron chi connectivity index (χ0n) is 13.0. The summed E-state index contributed by atoms with van der Waals surface area (Å²) in [5.74, 6) is 1.86. The fourth-order valence-electron chi connectivity index (χ4n) is 5.76. The number of rotatable bonds is 5. The van der Waals surface area contributed by atoms with E-state index < -0.39 is 0 Å². The van der Waals surface area contributed by atoms with E-state index in [1.54, 1.807) is 0 Å². The number of carbonyl (C=O) groups excluding carboxylic acids is 1. The highest BCUT2D eigenvalue weighted by molar-refractivity contribution is 5.81. The van der Waals surface area contributed by atoms with Gasteiger partial charge in [-0.3, -0.25) is 0 Å². The van der Waals surface area contributed by atoms with Gasteiger partial charge >= 0.3 is 5.97 Å². The zero-order valence-corrected chi connectivity index (χ0v) is 13.0. The lowest BCUT2D eigenvalue weighted by Crippen LogP contribution is -2.62. The lowest BCUT2D eigenvalue weighted by Gasteiger charge is -2.64. The summed E-state index contributed by atoms with van der Waals surface area (Å²) in [4.78, 5) is 11.9. The summed E-state index contributed by atoms with van der Waals surface area (Å²) in [6.07, 6.45) is 11.2. The Bertz CT molecular complexity index is 396. The van der Waals surface area contributed by atoms with Gasteiger partial charge in [-0.25, -0.2) is 4.79 Å². The van der Waals surface area contributed by atoms with Crippen molar-refractivity contribution >= 4 is 5.97 Å². The smallest absolute Gasteiger partial charge is 0.330 e. The Morgan fingerprint density at radius 1 is 1.30 bits per heavy atom. The van der Waals surface area contributed by atoms with Crippen LogP contribution in [0.2, 0.25) is 0 Å². The van der Waals surface area contributed by atoms with E-state index in [1.165, 1.54) is 51.0 Å². The highest BCUT2D eigenvalue weighted by atomic mass is 16.6. The summed E-state index contributed by atoms with van der Waals surface area (Å²) in [7, 11) is 0. The Balaban J connectivity index is 1.89. The SMILES string of the molecule is C=CC(=O)OC1(CCCC)C2CC3CC1CC(C)(C3)C2. The van der Waals surface area contributed by atoms with E-state index in [1.807, 2.05) is 0 Å². The number of esters is 1. The van der Waals surface area contributed by atoms with Crippen molar-refractivity contribution in [2.24, 2.45) is 23.2 Å². The number of ether oxygens (including phenoxy) is 1. The minimum atomic E-state index is -0.210.